The van der Waals surface area contributed by atoms with Crippen LogP contribution >= 0.6 is 0 Å². The molecule has 0 bridgehead atoms. The Morgan fingerprint density at radius 2 is 1.69 bits per heavy atom. The number of ketones is 1. The molecule has 7 nitrogen and oxygen atoms in total. The van der Waals surface area contributed by atoms with Crippen LogP contribution in [0.15, 0.2) is 11.6 Å². The Morgan fingerprint density at radius 1 is 1.03 bits per heavy atom. The first-order valence-corrected chi connectivity index (χ1v) is 13.5. The Bertz CT molecular complexity index is 928. The van der Waals surface area contributed by atoms with Gasteiger partial charge >= 0.3 is 0 Å². The van der Waals surface area contributed by atoms with Crippen LogP contribution in [0.2, 0.25) is 0 Å². The Balaban J connectivity index is 1.52. The fraction of sp³-hybridized carbons (Fsp3) is 0.893. The van der Waals surface area contributed by atoms with Gasteiger partial charge in [-0.05, 0) is 67.4 Å². The van der Waals surface area contributed by atoms with Gasteiger partial charge in [-0.2, -0.15) is 0 Å². The number of carbonyl (C=O) groups is 1. The van der Waals surface area contributed by atoms with Crippen LogP contribution in [-0.4, -0.2) is 73.0 Å². The van der Waals surface area contributed by atoms with Crippen LogP contribution < -0.4 is 0 Å². The molecule has 1 heterocycles. The molecule has 0 aromatic heterocycles. The van der Waals surface area contributed by atoms with Gasteiger partial charge in [0.15, 0.2) is 5.78 Å². The predicted molar refractivity (Wildman–Crippen MR) is 129 cm³/mol. The highest BCUT2D eigenvalue weighted by atomic mass is 16.5. The third-order valence-electron chi connectivity index (χ3n) is 11.5. The first kappa shape index (κ1) is 25.8. The maximum atomic E-state index is 13.3. The molecule has 4 fully saturated rings. The Morgan fingerprint density at radius 3 is 2.31 bits per heavy atom. The van der Waals surface area contributed by atoms with Crippen LogP contribution in [0, 0.1) is 40.4 Å². The van der Waals surface area contributed by atoms with E-state index in [1.807, 2.05) is 34.6 Å². The summed E-state index contributed by atoms with van der Waals surface area (Å²) in [5.74, 6) is -0.775. The topological polar surface area (TPSA) is 127 Å². The first-order chi connectivity index (χ1) is 16.1. The summed E-state index contributed by atoms with van der Waals surface area (Å²) >= 11 is 0. The molecule has 5 N–H and O–H groups in total. The minimum absolute atomic E-state index is 0.0589. The highest BCUT2D eigenvalue weighted by Crippen LogP contribution is 2.70. The lowest BCUT2D eigenvalue weighted by Crippen LogP contribution is -2.63. The minimum Gasteiger partial charge on any atom is -0.390 e. The van der Waals surface area contributed by atoms with Crippen molar-refractivity contribution in [1.29, 1.82) is 0 Å². The number of hydrogen-bond acceptors (Lipinski definition) is 7. The molecule has 1 saturated heterocycles. The largest absolute Gasteiger partial charge is 0.390 e. The van der Waals surface area contributed by atoms with E-state index in [1.54, 1.807) is 13.0 Å². The lowest BCUT2D eigenvalue weighted by molar-refractivity contribution is -0.175. The molecule has 198 valence electrons. The highest BCUT2D eigenvalue weighted by molar-refractivity contribution is 5.95. The second-order valence-corrected chi connectivity index (χ2v) is 13.6. The Hall–Kier alpha value is -0.830. The predicted octanol–water partition coefficient (Wildman–Crippen LogP) is 1.97. The van der Waals surface area contributed by atoms with Crippen LogP contribution in [0.3, 0.4) is 0 Å². The Kier molecular flexibility index (Phi) is 5.78. The van der Waals surface area contributed by atoms with E-state index in [4.69, 9.17) is 4.74 Å². The van der Waals surface area contributed by atoms with Gasteiger partial charge in [0, 0.05) is 23.7 Å². The summed E-state index contributed by atoms with van der Waals surface area (Å²) in [7, 11) is 0. The smallest absolute Gasteiger partial charge is 0.159 e. The van der Waals surface area contributed by atoms with E-state index in [2.05, 4.69) is 0 Å². The van der Waals surface area contributed by atoms with E-state index >= 15 is 0 Å². The molecule has 5 aliphatic rings. The van der Waals surface area contributed by atoms with Crippen molar-refractivity contribution >= 4 is 5.78 Å². The third kappa shape index (κ3) is 3.21. The van der Waals surface area contributed by atoms with Gasteiger partial charge < -0.3 is 30.3 Å². The van der Waals surface area contributed by atoms with Crippen LogP contribution in [0.1, 0.15) is 73.6 Å². The summed E-state index contributed by atoms with van der Waals surface area (Å²) < 4.78 is 6.38. The van der Waals surface area contributed by atoms with Crippen molar-refractivity contribution in [2.75, 3.05) is 0 Å². The van der Waals surface area contributed by atoms with Crippen LogP contribution in [0.4, 0.5) is 0 Å². The van der Waals surface area contributed by atoms with Crippen LogP contribution in [0.5, 0.6) is 0 Å². The molecule has 7 heteroatoms. The summed E-state index contributed by atoms with van der Waals surface area (Å²) in [6, 6.07) is 0. The number of ether oxygens (including phenoxy) is 1. The van der Waals surface area contributed by atoms with E-state index in [0.29, 0.717) is 18.4 Å². The highest BCUT2D eigenvalue weighted by Gasteiger charge is 2.75. The maximum Gasteiger partial charge on any atom is 0.159 e. The number of rotatable bonds is 3. The van der Waals surface area contributed by atoms with E-state index < -0.39 is 52.6 Å². The third-order valence-corrected chi connectivity index (χ3v) is 11.5. The summed E-state index contributed by atoms with van der Waals surface area (Å²) in [5.41, 5.74) is -3.21. The molecule has 4 aliphatic carbocycles. The van der Waals surface area contributed by atoms with Crippen molar-refractivity contribution in [3.63, 3.8) is 0 Å². The normalized spacial score (nSPS) is 55.0. The second-order valence-electron chi connectivity index (χ2n) is 13.6. The van der Waals surface area contributed by atoms with Gasteiger partial charge in [-0.1, -0.05) is 34.6 Å². The van der Waals surface area contributed by atoms with Crippen molar-refractivity contribution in [2.45, 2.75) is 115 Å². The number of aliphatic hydroxyl groups excluding tert-OH is 3. The number of hydrogen-bond donors (Lipinski definition) is 5. The van der Waals surface area contributed by atoms with Crippen molar-refractivity contribution in [1.82, 2.24) is 0 Å². The first-order valence-electron chi connectivity index (χ1n) is 13.5. The average molecular weight is 493 g/mol. The molecule has 0 radical (unpaired) electrons. The molecule has 0 aromatic rings. The molecule has 0 aromatic carbocycles. The zero-order chi connectivity index (χ0) is 25.9. The lowest BCUT2D eigenvalue weighted by Gasteiger charge is -2.60. The van der Waals surface area contributed by atoms with Crippen LogP contribution in [-0.2, 0) is 9.53 Å². The number of aliphatic hydroxyl groups is 5. The van der Waals surface area contributed by atoms with Gasteiger partial charge in [0.1, 0.15) is 6.10 Å². The Labute approximate surface area is 208 Å². The maximum absolute atomic E-state index is 13.3. The quantitative estimate of drug-likeness (QED) is 0.408. The average Bonchev–Trinajstić information content (AvgIpc) is 3.16. The van der Waals surface area contributed by atoms with E-state index in [9.17, 15) is 30.3 Å². The van der Waals surface area contributed by atoms with E-state index in [1.165, 1.54) is 0 Å². The fourth-order valence-corrected chi connectivity index (χ4v) is 9.14. The zero-order valence-electron chi connectivity index (χ0n) is 21.9. The standard InChI is InChI=1S/C28H44O7/c1-13(2)14(3)22(32)24-27(6,33)23-21(35-24)12-28(34)16-9-18(29)17-10-19(30)20(31)11-25(17,4)15(16)7-8-26(23,28)5/h9,13-15,17,19-24,30-34H,7-8,10-12H2,1-6H3/t14-,15-,17-,19+,20-,21-,22-,23-,24-,25+,26+,27+,28+/m0/s1. The van der Waals surface area contributed by atoms with Gasteiger partial charge in [0.05, 0.1) is 35.6 Å². The molecule has 0 amide bonds. The van der Waals surface area contributed by atoms with Gasteiger partial charge in [-0.3, -0.25) is 4.79 Å². The van der Waals surface area contributed by atoms with Gasteiger partial charge in [-0.15, -0.1) is 0 Å². The zero-order valence-corrected chi connectivity index (χ0v) is 21.9. The molecule has 0 unspecified atom stereocenters. The van der Waals surface area contributed by atoms with E-state index in [-0.39, 0.29) is 48.2 Å². The van der Waals surface area contributed by atoms with Gasteiger partial charge in [0.2, 0.25) is 0 Å². The molecular formula is C28H44O7. The van der Waals surface area contributed by atoms with E-state index in [0.717, 1.165) is 6.42 Å². The summed E-state index contributed by atoms with van der Waals surface area (Å²) in [5, 5.41) is 56.1. The summed E-state index contributed by atoms with van der Waals surface area (Å²) in [6.45, 7) is 11.8. The molecule has 0 spiro atoms. The van der Waals surface area contributed by atoms with Crippen molar-refractivity contribution < 1.29 is 35.1 Å². The number of allylic oxidation sites excluding steroid dienone is 1. The molecule has 35 heavy (non-hydrogen) atoms. The summed E-state index contributed by atoms with van der Waals surface area (Å²) in [6.07, 6.45) is 0.0167. The second kappa shape index (κ2) is 7.84. The van der Waals surface area contributed by atoms with Crippen molar-refractivity contribution in [3.05, 3.63) is 11.6 Å². The summed E-state index contributed by atoms with van der Waals surface area (Å²) in [4.78, 5) is 13.3. The number of fused-ring (bicyclic) bond motifs is 7. The SMILES string of the molecule is CC(C)[C@H](C)[C@H](O)[C@@H]1O[C@H]2C[C@@]3(O)C4=CC(=O)[C@@H]5C[C@@H](O)[C@@H](O)C[C@]5(C)[C@H]4CC[C@]3(C)[C@H]2[C@@]1(C)O. The lowest BCUT2D eigenvalue weighted by atomic mass is 9.45. The van der Waals surface area contributed by atoms with Crippen LogP contribution in [0.25, 0.3) is 0 Å². The van der Waals surface area contributed by atoms with Gasteiger partial charge in [-0.25, -0.2) is 0 Å². The molecular weight excluding hydrogens is 448 g/mol. The fourth-order valence-electron chi connectivity index (χ4n) is 9.14. The minimum atomic E-state index is -1.34. The molecule has 5 rings (SSSR count). The molecule has 1 aliphatic heterocycles. The number of carbonyl (C=O) groups excluding carboxylic acids is 1. The molecule has 13 atom stereocenters. The van der Waals surface area contributed by atoms with Crippen molar-refractivity contribution in [3.8, 4) is 0 Å². The van der Waals surface area contributed by atoms with Crippen molar-refractivity contribution in [2.24, 2.45) is 40.4 Å². The monoisotopic (exact) mass is 492 g/mol. The molecule has 3 saturated carbocycles. The van der Waals surface area contributed by atoms with Gasteiger partial charge in [0.25, 0.3) is 0 Å².